The molecule has 3 rings (SSSR count). The molecule has 0 bridgehead atoms. The van der Waals surface area contributed by atoms with Gasteiger partial charge in [0, 0.05) is 29.9 Å². The molecule has 2 aromatic rings. The molecule has 0 unspecified atom stereocenters. The van der Waals surface area contributed by atoms with Crippen molar-refractivity contribution in [3.05, 3.63) is 28.5 Å². The van der Waals surface area contributed by atoms with E-state index in [-0.39, 0.29) is 24.8 Å². The number of hydrogen-bond donors (Lipinski definition) is 2. The van der Waals surface area contributed by atoms with Gasteiger partial charge in [-0.1, -0.05) is 0 Å². The zero-order valence-electron chi connectivity index (χ0n) is 13.5. The number of thiazole rings is 1. The number of aryl methyl sites for hydroxylation is 2. The molecule has 0 saturated carbocycles. The predicted molar refractivity (Wildman–Crippen MR) is 90.2 cm³/mol. The number of amides is 2. The first-order valence-corrected chi connectivity index (χ1v) is 8.46. The first-order valence-electron chi connectivity index (χ1n) is 7.58. The minimum absolute atomic E-state index is 0.0932. The zero-order valence-corrected chi connectivity index (χ0v) is 14.3. The maximum atomic E-state index is 12.2. The lowest BCUT2D eigenvalue weighted by Crippen LogP contribution is -2.50. The van der Waals surface area contributed by atoms with Crippen LogP contribution in [-0.2, 0) is 16.0 Å². The molecule has 9 heteroatoms. The number of rotatable bonds is 4. The van der Waals surface area contributed by atoms with Crippen LogP contribution in [0.3, 0.4) is 0 Å². The zero-order chi connectivity index (χ0) is 17.1. The van der Waals surface area contributed by atoms with E-state index in [1.807, 2.05) is 25.3 Å². The fraction of sp³-hybridized carbons (Fsp3) is 0.400. The largest absolute Gasteiger partial charge is 0.353 e. The summed E-state index contributed by atoms with van der Waals surface area (Å²) >= 11 is 1.39. The van der Waals surface area contributed by atoms with Crippen LogP contribution in [0.1, 0.15) is 17.1 Å². The number of carbonyl (C=O) groups is 2. The van der Waals surface area contributed by atoms with Crippen molar-refractivity contribution in [1.29, 1.82) is 0 Å². The summed E-state index contributed by atoms with van der Waals surface area (Å²) in [6.45, 7) is 4.96. The molecule has 2 aromatic heterocycles. The molecule has 24 heavy (non-hydrogen) atoms. The topological polar surface area (TPSA) is 100 Å². The summed E-state index contributed by atoms with van der Waals surface area (Å²) in [6.07, 6.45) is 0.180. The molecule has 0 aliphatic carbocycles. The summed E-state index contributed by atoms with van der Waals surface area (Å²) in [6, 6.07) is 1.89. The van der Waals surface area contributed by atoms with Gasteiger partial charge in [0.25, 0.3) is 0 Å². The number of nitrogens with zero attached hydrogens (tertiary/aromatic N) is 4. The van der Waals surface area contributed by atoms with Crippen molar-refractivity contribution in [3.63, 3.8) is 0 Å². The van der Waals surface area contributed by atoms with Gasteiger partial charge in [0.05, 0.1) is 18.7 Å². The van der Waals surface area contributed by atoms with Crippen LogP contribution in [0.5, 0.6) is 0 Å². The lowest BCUT2D eigenvalue weighted by molar-refractivity contribution is -0.137. The Hall–Kier alpha value is -2.55. The number of hydrogen-bond acceptors (Lipinski definition) is 7. The van der Waals surface area contributed by atoms with Crippen LogP contribution >= 0.6 is 11.3 Å². The third-order valence-corrected chi connectivity index (χ3v) is 4.28. The van der Waals surface area contributed by atoms with Crippen molar-refractivity contribution >= 4 is 34.2 Å². The summed E-state index contributed by atoms with van der Waals surface area (Å²) in [5.74, 6) is 0.277. The fourth-order valence-corrected chi connectivity index (χ4v) is 3.15. The van der Waals surface area contributed by atoms with Gasteiger partial charge in [-0.3, -0.25) is 9.59 Å². The summed E-state index contributed by atoms with van der Waals surface area (Å²) < 4.78 is 0. The lowest BCUT2D eigenvalue weighted by Gasteiger charge is -2.26. The van der Waals surface area contributed by atoms with E-state index in [9.17, 15) is 9.59 Å². The highest BCUT2D eigenvalue weighted by molar-refractivity contribution is 7.13. The van der Waals surface area contributed by atoms with Crippen molar-refractivity contribution < 1.29 is 9.59 Å². The minimum Gasteiger partial charge on any atom is -0.353 e. The third kappa shape index (κ3) is 4.05. The summed E-state index contributed by atoms with van der Waals surface area (Å²) in [5, 5.41) is 8.23. The number of anilines is 2. The van der Waals surface area contributed by atoms with Crippen LogP contribution in [0.15, 0.2) is 11.4 Å². The van der Waals surface area contributed by atoms with Crippen LogP contribution < -0.4 is 10.6 Å². The van der Waals surface area contributed by atoms with Crippen molar-refractivity contribution in [1.82, 2.24) is 25.2 Å². The van der Waals surface area contributed by atoms with Crippen LogP contribution in [0.2, 0.25) is 0 Å². The standard InChI is InChI=1S/C15H18N6O2S/c1-9-5-10(2)18-14(17-9)20-15-19-11(8-24-15)6-13(23)21-4-3-16-12(22)7-21/h5,8H,3-4,6-7H2,1-2H3,(H,16,22)(H,17,18,19,20). The first-order chi connectivity index (χ1) is 11.5. The Morgan fingerprint density at radius 2 is 2.08 bits per heavy atom. The molecule has 1 saturated heterocycles. The van der Waals surface area contributed by atoms with E-state index in [1.54, 1.807) is 4.90 Å². The average Bonchev–Trinajstić information content (AvgIpc) is 2.93. The lowest BCUT2D eigenvalue weighted by atomic mass is 10.2. The van der Waals surface area contributed by atoms with E-state index in [1.165, 1.54) is 11.3 Å². The van der Waals surface area contributed by atoms with Gasteiger partial charge in [-0.05, 0) is 19.9 Å². The van der Waals surface area contributed by atoms with E-state index in [2.05, 4.69) is 25.6 Å². The fourth-order valence-electron chi connectivity index (χ4n) is 2.44. The van der Waals surface area contributed by atoms with Gasteiger partial charge in [0.1, 0.15) is 0 Å². The van der Waals surface area contributed by atoms with E-state index in [0.717, 1.165) is 11.4 Å². The molecular formula is C15H18N6O2S. The van der Waals surface area contributed by atoms with Crippen molar-refractivity contribution in [2.45, 2.75) is 20.3 Å². The minimum atomic E-state index is -0.123. The molecule has 0 radical (unpaired) electrons. The van der Waals surface area contributed by atoms with Crippen molar-refractivity contribution in [2.24, 2.45) is 0 Å². The van der Waals surface area contributed by atoms with Gasteiger partial charge in [-0.15, -0.1) is 11.3 Å². The second kappa shape index (κ2) is 6.91. The highest BCUT2D eigenvalue weighted by Gasteiger charge is 2.21. The van der Waals surface area contributed by atoms with E-state index in [0.29, 0.717) is 29.9 Å². The molecule has 1 aliphatic rings. The number of piperazine rings is 1. The average molecular weight is 346 g/mol. The first kappa shape index (κ1) is 16.3. The van der Waals surface area contributed by atoms with Crippen LogP contribution in [0.4, 0.5) is 11.1 Å². The molecule has 2 amide bonds. The van der Waals surface area contributed by atoms with Gasteiger partial charge >= 0.3 is 0 Å². The van der Waals surface area contributed by atoms with Gasteiger partial charge in [0.2, 0.25) is 17.8 Å². The number of carbonyl (C=O) groups excluding carboxylic acids is 2. The van der Waals surface area contributed by atoms with Gasteiger partial charge in [-0.25, -0.2) is 15.0 Å². The summed E-state index contributed by atoms with van der Waals surface area (Å²) in [7, 11) is 0. The van der Waals surface area contributed by atoms with E-state index < -0.39 is 0 Å². The Kier molecular flexibility index (Phi) is 4.70. The van der Waals surface area contributed by atoms with E-state index >= 15 is 0 Å². The van der Waals surface area contributed by atoms with Gasteiger partial charge < -0.3 is 15.5 Å². The molecule has 0 aromatic carbocycles. The Balaban J connectivity index is 1.62. The molecular weight excluding hydrogens is 328 g/mol. The third-order valence-electron chi connectivity index (χ3n) is 3.48. The molecule has 1 aliphatic heterocycles. The summed E-state index contributed by atoms with van der Waals surface area (Å²) in [4.78, 5) is 38.1. The molecule has 0 spiro atoms. The molecule has 0 atom stereocenters. The number of aromatic nitrogens is 3. The Morgan fingerprint density at radius 3 is 2.79 bits per heavy atom. The highest BCUT2D eigenvalue weighted by atomic mass is 32.1. The number of nitrogens with one attached hydrogen (secondary N) is 2. The second-order valence-corrected chi connectivity index (χ2v) is 6.44. The molecule has 3 heterocycles. The SMILES string of the molecule is Cc1cc(C)nc(Nc2nc(CC(=O)N3CCNC(=O)C3)cs2)n1. The van der Waals surface area contributed by atoms with Crippen molar-refractivity contribution in [3.8, 4) is 0 Å². The van der Waals surface area contributed by atoms with E-state index in [4.69, 9.17) is 0 Å². The maximum Gasteiger partial charge on any atom is 0.239 e. The highest BCUT2D eigenvalue weighted by Crippen LogP contribution is 2.20. The monoisotopic (exact) mass is 346 g/mol. The van der Waals surface area contributed by atoms with Crippen LogP contribution in [0.25, 0.3) is 0 Å². The summed E-state index contributed by atoms with van der Waals surface area (Å²) in [5.41, 5.74) is 2.42. The quantitative estimate of drug-likeness (QED) is 0.849. The molecule has 1 fully saturated rings. The van der Waals surface area contributed by atoms with Gasteiger partial charge in [-0.2, -0.15) is 0 Å². The molecule has 126 valence electrons. The smallest absolute Gasteiger partial charge is 0.239 e. The predicted octanol–water partition coefficient (Wildman–Crippen LogP) is 0.794. The molecule has 8 nitrogen and oxygen atoms in total. The molecule has 2 N–H and O–H groups in total. The normalized spacial score (nSPS) is 14.4. The Bertz CT molecular complexity index is 755. The van der Waals surface area contributed by atoms with Gasteiger partial charge in [0.15, 0.2) is 5.13 Å². The Morgan fingerprint density at radius 1 is 1.33 bits per heavy atom. The second-order valence-electron chi connectivity index (χ2n) is 5.59. The Labute approximate surface area is 143 Å². The van der Waals surface area contributed by atoms with Crippen LogP contribution in [-0.4, -0.2) is 51.3 Å². The van der Waals surface area contributed by atoms with Crippen molar-refractivity contribution in [2.75, 3.05) is 25.0 Å². The van der Waals surface area contributed by atoms with Crippen LogP contribution in [0, 0.1) is 13.8 Å². The maximum absolute atomic E-state index is 12.2.